The Labute approximate surface area is 148 Å². The summed E-state index contributed by atoms with van der Waals surface area (Å²) in [6, 6.07) is 14.7. The van der Waals surface area contributed by atoms with Crippen molar-refractivity contribution < 1.29 is 9.59 Å². The van der Waals surface area contributed by atoms with Crippen LogP contribution < -0.4 is 5.32 Å². The van der Waals surface area contributed by atoms with Gasteiger partial charge in [-0.05, 0) is 44.0 Å². The normalized spacial score (nSPS) is 14.7. The number of benzene rings is 2. The minimum Gasteiger partial charge on any atom is -0.339 e. The molecule has 0 aliphatic carbocycles. The number of nitrogens with one attached hydrogen (secondary N) is 1. The molecular weight excluding hydrogens is 312 g/mol. The maximum atomic E-state index is 12.9. The van der Waals surface area contributed by atoms with E-state index in [1.165, 1.54) is 12.8 Å². The van der Waals surface area contributed by atoms with Crippen LogP contribution in [0.2, 0.25) is 0 Å². The average Bonchev–Trinajstić information content (AvgIpc) is 2.91. The van der Waals surface area contributed by atoms with Crippen LogP contribution in [0.25, 0.3) is 0 Å². The first-order chi connectivity index (χ1) is 12.1. The van der Waals surface area contributed by atoms with E-state index >= 15 is 0 Å². The van der Waals surface area contributed by atoms with Gasteiger partial charge in [-0.15, -0.1) is 0 Å². The number of rotatable bonds is 3. The second-order valence-corrected chi connectivity index (χ2v) is 6.58. The Bertz CT molecular complexity index is 762. The van der Waals surface area contributed by atoms with Gasteiger partial charge in [0.25, 0.3) is 11.8 Å². The first-order valence-corrected chi connectivity index (χ1v) is 8.91. The van der Waals surface area contributed by atoms with Gasteiger partial charge in [-0.2, -0.15) is 0 Å². The molecule has 3 rings (SSSR count). The number of hydrogen-bond donors (Lipinski definition) is 1. The minimum absolute atomic E-state index is 0.00189. The lowest BCUT2D eigenvalue weighted by atomic mass is 10.1. The third-order valence-corrected chi connectivity index (χ3v) is 4.58. The summed E-state index contributed by atoms with van der Waals surface area (Å²) in [5.74, 6) is -0.193. The Morgan fingerprint density at radius 2 is 1.64 bits per heavy atom. The molecule has 0 radical (unpaired) electrons. The molecule has 1 aliphatic rings. The number of nitrogens with zero attached hydrogens (tertiary/aromatic N) is 1. The fourth-order valence-electron chi connectivity index (χ4n) is 3.20. The molecular formula is C21H24N2O2. The van der Waals surface area contributed by atoms with Crippen molar-refractivity contribution in [1.29, 1.82) is 0 Å². The number of hydrogen-bond acceptors (Lipinski definition) is 2. The first-order valence-electron chi connectivity index (χ1n) is 8.91. The van der Waals surface area contributed by atoms with Gasteiger partial charge >= 0.3 is 0 Å². The standard InChI is InChI=1S/C21H24N2O2/c1-16-9-8-10-17(15-16)20(24)22-19-12-5-4-11-18(19)21(25)23-13-6-2-3-7-14-23/h4-5,8-12,15H,2-3,6-7,13-14H2,1H3,(H,22,24). The molecule has 4 nitrogen and oxygen atoms in total. The number of carbonyl (C=O) groups is 2. The summed E-state index contributed by atoms with van der Waals surface area (Å²) in [5.41, 5.74) is 2.76. The van der Waals surface area contributed by atoms with Crippen LogP contribution in [0.4, 0.5) is 5.69 Å². The molecule has 1 N–H and O–H groups in total. The van der Waals surface area contributed by atoms with E-state index in [0.717, 1.165) is 31.5 Å². The Morgan fingerprint density at radius 1 is 0.920 bits per heavy atom. The molecule has 0 aromatic heterocycles. The molecule has 1 saturated heterocycles. The van der Waals surface area contributed by atoms with Crippen molar-refractivity contribution in [3.05, 3.63) is 65.2 Å². The number of likely N-dealkylation sites (tertiary alicyclic amines) is 1. The van der Waals surface area contributed by atoms with E-state index in [2.05, 4.69) is 5.32 Å². The fraction of sp³-hybridized carbons (Fsp3) is 0.333. The topological polar surface area (TPSA) is 49.4 Å². The van der Waals surface area contributed by atoms with Gasteiger partial charge in [0.05, 0.1) is 11.3 Å². The summed E-state index contributed by atoms with van der Waals surface area (Å²) < 4.78 is 0. The Balaban J connectivity index is 1.80. The van der Waals surface area contributed by atoms with Gasteiger partial charge in [-0.1, -0.05) is 42.7 Å². The van der Waals surface area contributed by atoms with E-state index in [9.17, 15) is 9.59 Å². The minimum atomic E-state index is -0.195. The smallest absolute Gasteiger partial charge is 0.255 e. The molecule has 2 amide bonds. The number of anilines is 1. The van der Waals surface area contributed by atoms with Crippen LogP contribution in [0, 0.1) is 6.92 Å². The lowest BCUT2D eigenvalue weighted by Crippen LogP contribution is -2.32. The second kappa shape index (κ2) is 7.97. The zero-order valence-electron chi connectivity index (χ0n) is 14.6. The molecule has 0 atom stereocenters. The van der Waals surface area contributed by atoms with Gasteiger partial charge in [0.2, 0.25) is 0 Å². The summed E-state index contributed by atoms with van der Waals surface area (Å²) in [4.78, 5) is 27.4. The first kappa shape index (κ1) is 17.2. The lowest BCUT2D eigenvalue weighted by molar-refractivity contribution is 0.0762. The van der Waals surface area contributed by atoms with Gasteiger partial charge < -0.3 is 10.2 Å². The van der Waals surface area contributed by atoms with E-state index in [-0.39, 0.29) is 11.8 Å². The zero-order chi connectivity index (χ0) is 17.6. The molecule has 4 heteroatoms. The number of para-hydroxylation sites is 1. The van der Waals surface area contributed by atoms with Crippen LogP contribution in [0.15, 0.2) is 48.5 Å². The summed E-state index contributed by atoms with van der Waals surface area (Å²) in [7, 11) is 0. The fourth-order valence-corrected chi connectivity index (χ4v) is 3.20. The highest BCUT2D eigenvalue weighted by molar-refractivity contribution is 6.09. The van der Waals surface area contributed by atoms with E-state index in [4.69, 9.17) is 0 Å². The summed E-state index contributed by atoms with van der Waals surface area (Å²) in [6.45, 7) is 3.53. The number of carbonyl (C=O) groups excluding carboxylic acids is 2. The molecule has 1 aliphatic heterocycles. The van der Waals surface area contributed by atoms with E-state index in [1.807, 2.05) is 42.2 Å². The molecule has 130 valence electrons. The maximum absolute atomic E-state index is 12.9. The third-order valence-electron chi connectivity index (χ3n) is 4.58. The third kappa shape index (κ3) is 4.27. The highest BCUT2D eigenvalue weighted by Gasteiger charge is 2.20. The average molecular weight is 336 g/mol. The zero-order valence-corrected chi connectivity index (χ0v) is 14.6. The monoisotopic (exact) mass is 336 g/mol. The van der Waals surface area contributed by atoms with Gasteiger partial charge in [-0.25, -0.2) is 0 Å². The Hall–Kier alpha value is -2.62. The van der Waals surface area contributed by atoms with Crippen LogP contribution in [0.5, 0.6) is 0 Å². The predicted octanol–water partition coefficient (Wildman–Crippen LogP) is 4.26. The predicted molar refractivity (Wildman–Crippen MR) is 99.9 cm³/mol. The molecule has 1 fully saturated rings. The highest BCUT2D eigenvalue weighted by Crippen LogP contribution is 2.21. The van der Waals surface area contributed by atoms with E-state index < -0.39 is 0 Å². The van der Waals surface area contributed by atoms with Gasteiger partial charge in [0.1, 0.15) is 0 Å². The molecule has 2 aromatic carbocycles. The largest absolute Gasteiger partial charge is 0.339 e. The quantitative estimate of drug-likeness (QED) is 0.910. The van der Waals surface area contributed by atoms with Crippen molar-refractivity contribution in [2.24, 2.45) is 0 Å². The van der Waals surface area contributed by atoms with Crippen LogP contribution in [-0.4, -0.2) is 29.8 Å². The molecule has 0 spiro atoms. The van der Waals surface area contributed by atoms with Crippen molar-refractivity contribution in [3.8, 4) is 0 Å². The molecule has 1 heterocycles. The number of aryl methyl sites for hydroxylation is 1. The van der Waals surface area contributed by atoms with Crippen LogP contribution in [0.3, 0.4) is 0 Å². The summed E-state index contributed by atoms with van der Waals surface area (Å²) >= 11 is 0. The van der Waals surface area contributed by atoms with Crippen LogP contribution in [-0.2, 0) is 0 Å². The van der Waals surface area contributed by atoms with E-state index in [0.29, 0.717) is 16.8 Å². The maximum Gasteiger partial charge on any atom is 0.255 e. The van der Waals surface area contributed by atoms with Crippen molar-refractivity contribution in [2.45, 2.75) is 32.6 Å². The summed E-state index contributed by atoms with van der Waals surface area (Å²) in [5, 5.41) is 2.90. The molecule has 25 heavy (non-hydrogen) atoms. The summed E-state index contributed by atoms with van der Waals surface area (Å²) in [6.07, 6.45) is 4.44. The van der Waals surface area contributed by atoms with Gasteiger partial charge in [0.15, 0.2) is 0 Å². The molecule has 0 bridgehead atoms. The van der Waals surface area contributed by atoms with Gasteiger partial charge in [-0.3, -0.25) is 9.59 Å². The van der Waals surface area contributed by atoms with Gasteiger partial charge in [0, 0.05) is 18.7 Å². The lowest BCUT2D eigenvalue weighted by Gasteiger charge is -2.22. The Kier molecular flexibility index (Phi) is 5.49. The van der Waals surface area contributed by atoms with Crippen molar-refractivity contribution in [1.82, 2.24) is 4.90 Å². The van der Waals surface area contributed by atoms with Crippen LogP contribution in [0.1, 0.15) is 52.0 Å². The molecule has 0 unspecified atom stereocenters. The van der Waals surface area contributed by atoms with Crippen molar-refractivity contribution >= 4 is 17.5 Å². The van der Waals surface area contributed by atoms with Crippen molar-refractivity contribution in [2.75, 3.05) is 18.4 Å². The number of amides is 2. The Morgan fingerprint density at radius 3 is 2.36 bits per heavy atom. The highest BCUT2D eigenvalue weighted by atomic mass is 16.2. The second-order valence-electron chi connectivity index (χ2n) is 6.58. The molecule has 2 aromatic rings. The van der Waals surface area contributed by atoms with Crippen molar-refractivity contribution in [3.63, 3.8) is 0 Å². The van der Waals surface area contributed by atoms with Crippen LogP contribution >= 0.6 is 0 Å². The van der Waals surface area contributed by atoms with E-state index in [1.54, 1.807) is 18.2 Å². The SMILES string of the molecule is Cc1cccc(C(=O)Nc2ccccc2C(=O)N2CCCCCC2)c1. The molecule has 0 saturated carbocycles.